The number of benzene rings is 1. The molecule has 7 amide bonds. The number of hydrogen-bond donors (Lipinski definition) is 7. The van der Waals surface area contributed by atoms with E-state index in [0.29, 0.717) is 57.8 Å². The molecule has 4 rings (SSSR count). The van der Waals surface area contributed by atoms with E-state index in [0.717, 1.165) is 5.56 Å². The SMILES string of the molecule is CC(C)(C)OC(=O)NC(C)(C)C(=O)N[C@H]1CCC[C@@H]1C(=O)NC(C)(C)C(=O)N[C@H]1CCC[C@@H]1C(=O)NC(C)(C)C(=O)N[C@H]1CCC[C@@H]1C(=O)NC(C)(C)C(=O)OCc1ccccc1. The van der Waals surface area contributed by atoms with E-state index in [1.165, 1.54) is 0 Å². The lowest BCUT2D eigenvalue weighted by atomic mass is 9.95. The van der Waals surface area contributed by atoms with E-state index < -0.39 is 105 Å². The van der Waals surface area contributed by atoms with Crippen molar-refractivity contribution in [1.82, 2.24) is 37.2 Å². The molecule has 0 spiro atoms. The third kappa shape index (κ3) is 13.9. The quantitative estimate of drug-likeness (QED) is 0.119. The molecule has 7 N–H and O–H groups in total. The molecular weight excluding hydrogens is 811 g/mol. The van der Waals surface area contributed by atoms with Gasteiger partial charge in [0, 0.05) is 18.1 Å². The Morgan fingerprint density at radius 3 is 1.21 bits per heavy atom. The van der Waals surface area contributed by atoms with E-state index in [1.54, 1.807) is 76.2 Å². The van der Waals surface area contributed by atoms with Crippen LogP contribution in [0.1, 0.15) is 140 Å². The van der Waals surface area contributed by atoms with Gasteiger partial charge in [0.1, 0.15) is 34.4 Å². The van der Waals surface area contributed by atoms with Crippen molar-refractivity contribution in [3.8, 4) is 0 Å². The van der Waals surface area contributed by atoms with Crippen LogP contribution in [0.4, 0.5) is 4.79 Å². The molecule has 3 aliphatic rings. The third-order valence-corrected chi connectivity index (χ3v) is 12.1. The first-order valence-corrected chi connectivity index (χ1v) is 22.2. The van der Waals surface area contributed by atoms with Crippen molar-refractivity contribution in [3.63, 3.8) is 0 Å². The molecule has 1 aromatic carbocycles. The Morgan fingerprint density at radius 2 is 0.841 bits per heavy atom. The molecule has 3 saturated carbocycles. The molecule has 63 heavy (non-hydrogen) atoms. The molecule has 6 atom stereocenters. The Hall–Kier alpha value is -5.22. The number of nitrogens with one attached hydrogen (secondary N) is 7. The van der Waals surface area contributed by atoms with Crippen LogP contribution >= 0.6 is 0 Å². The first kappa shape index (κ1) is 50.4. The highest BCUT2D eigenvalue weighted by Gasteiger charge is 2.45. The second-order valence-electron chi connectivity index (χ2n) is 20.5. The van der Waals surface area contributed by atoms with Crippen LogP contribution in [-0.4, -0.2) is 93.4 Å². The van der Waals surface area contributed by atoms with Gasteiger partial charge < -0.3 is 46.7 Å². The van der Waals surface area contributed by atoms with Crippen LogP contribution in [0.2, 0.25) is 0 Å². The Morgan fingerprint density at radius 1 is 0.492 bits per heavy atom. The maximum atomic E-state index is 13.8. The number of hydrogen-bond acceptors (Lipinski definition) is 10. The van der Waals surface area contributed by atoms with Crippen molar-refractivity contribution < 1.29 is 47.8 Å². The Balaban J connectivity index is 1.28. The van der Waals surface area contributed by atoms with Crippen molar-refractivity contribution in [2.45, 2.75) is 186 Å². The van der Waals surface area contributed by atoms with Crippen LogP contribution in [0.25, 0.3) is 0 Å². The molecule has 0 bridgehead atoms. The zero-order valence-corrected chi connectivity index (χ0v) is 39.0. The Kier molecular flexibility index (Phi) is 16.1. The second-order valence-corrected chi connectivity index (χ2v) is 20.5. The lowest BCUT2D eigenvalue weighted by Crippen LogP contribution is -2.62. The molecule has 0 saturated heterocycles. The van der Waals surface area contributed by atoms with Crippen LogP contribution in [0.3, 0.4) is 0 Å². The monoisotopic (exact) mass is 882 g/mol. The molecule has 3 aliphatic carbocycles. The number of carbonyl (C=O) groups excluding carboxylic acids is 8. The topological polar surface area (TPSA) is 239 Å². The summed E-state index contributed by atoms with van der Waals surface area (Å²) in [6, 6.07) is 7.61. The van der Waals surface area contributed by atoms with Gasteiger partial charge in [0.05, 0.1) is 17.8 Å². The van der Waals surface area contributed by atoms with Gasteiger partial charge in [-0.1, -0.05) is 49.6 Å². The van der Waals surface area contributed by atoms with Crippen LogP contribution in [0.5, 0.6) is 0 Å². The largest absolute Gasteiger partial charge is 0.459 e. The van der Waals surface area contributed by atoms with Gasteiger partial charge in [-0.25, -0.2) is 9.59 Å². The average molecular weight is 882 g/mol. The van der Waals surface area contributed by atoms with Gasteiger partial charge in [0.2, 0.25) is 35.4 Å². The average Bonchev–Trinajstić information content (AvgIpc) is 3.94. The van der Waals surface area contributed by atoms with Crippen molar-refractivity contribution in [2.24, 2.45) is 17.8 Å². The van der Waals surface area contributed by atoms with E-state index in [-0.39, 0.29) is 12.5 Å². The molecule has 3 fully saturated rings. The summed E-state index contributed by atoms with van der Waals surface area (Å²) in [6.07, 6.45) is 4.31. The minimum Gasteiger partial charge on any atom is -0.459 e. The highest BCUT2D eigenvalue weighted by molar-refractivity contribution is 5.95. The Bertz CT molecular complexity index is 1870. The van der Waals surface area contributed by atoms with Crippen molar-refractivity contribution >= 4 is 47.5 Å². The standard InChI is InChI=1S/C46H71N7O10/c1-42(2,3)63-41(61)53-45(8,9)39(59)49-32-24-16-21-29(32)35(55)51-43(4,5)37(57)47-31-23-15-20-28(31)34(54)50-44(6,7)38(58)48-33-25-17-22-30(33)36(56)52-46(10,11)40(60)62-26-27-18-13-12-14-19-27/h12-14,18-19,28-33H,15-17,20-26H2,1-11H3,(H,47,57)(H,48,58)(H,49,59)(H,50,54)(H,51,55)(H,52,56)(H,53,61)/t28-,29-,30-,31-,32-,33-/m0/s1. The molecule has 350 valence electrons. The van der Waals surface area contributed by atoms with Gasteiger partial charge in [-0.05, 0) is 120 Å². The van der Waals surface area contributed by atoms with Crippen LogP contribution in [0.15, 0.2) is 30.3 Å². The second kappa shape index (κ2) is 20.1. The maximum Gasteiger partial charge on any atom is 0.408 e. The van der Waals surface area contributed by atoms with E-state index in [4.69, 9.17) is 9.47 Å². The Labute approximate surface area is 371 Å². The smallest absolute Gasteiger partial charge is 0.408 e. The zero-order chi connectivity index (χ0) is 47.1. The van der Waals surface area contributed by atoms with E-state index in [9.17, 15) is 38.4 Å². The molecular formula is C46H71N7O10. The minimum atomic E-state index is -1.38. The summed E-state index contributed by atoms with van der Waals surface area (Å²) >= 11 is 0. The summed E-state index contributed by atoms with van der Waals surface area (Å²) in [5.74, 6) is -5.10. The molecule has 0 aromatic heterocycles. The number of ether oxygens (including phenoxy) is 2. The lowest BCUT2D eigenvalue weighted by Gasteiger charge is -2.33. The molecule has 17 nitrogen and oxygen atoms in total. The number of alkyl carbamates (subject to hydrolysis) is 1. The van der Waals surface area contributed by atoms with Gasteiger partial charge in [0.25, 0.3) is 0 Å². The number of amides is 7. The van der Waals surface area contributed by atoms with Gasteiger partial charge >= 0.3 is 12.1 Å². The maximum absolute atomic E-state index is 13.8. The van der Waals surface area contributed by atoms with Gasteiger partial charge in [0.15, 0.2) is 0 Å². The van der Waals surface area contributed by atoms with Crippen molar-refractivity contribution in [3.05, 3.63) is 35.9 Å². The predicted molar refractivity (Wildman–Crippen MR) is 234 cm³/mol. The normalized spacial score (nSPS) is 22.8. The summed E-state index contributed by atoms with van der Waals surface area (Å²) in [4.78, 5) is 107. The molecule has 0 aliphatic heterocycles. The fourth-order valence-electron chi connectivity index (χ4n) is 8.27. The zero-order valence-electron chi connectivity index (χ0n) is 39.0. The van der Waals surface area contributed by atoms with Gasteiger partial charge in [-0.2, -0.15) is 0 Å². The first-order chi connectivity index (χ1) is 29.1. The minimum absolute atomic E-state index is 0.0654. The fraction of sp³-hybridized carbons (Fsp3) is 0.696. The summed E-state index contributed by atoms with van der Waals surface area (Å²) in [7, 11) is 0. The number of rotatable bonds is 16. The van der Waals surface area contributed by atoms with E-state index in [1.807, 2.05) is 30.3 Å². The van der Waals surface area contributed by atoms with Gasteiger partial charge in [-0.15, -0.1) is 0 Å². The summed E-state index contributed by atoms with van der Waals surface area (Å²) in [6.45, 7) is 17.7. The van der Waals surface area contributed by atoms with E-state index in [2.05, 4.69) is 37.2 Å². The predicted octanol–water partition coefficient (Wildman–Crippen LogP) is 3.57. The van der Waals surface area contributed by atoms with Crippen LogP contribution in [0, 0.1) is 17.8 Å². The van der Waals surface area contributed by atoms with Gasteiger partial charge in [-0.3, -0.25) is 28.8 Å². The highest BCUT2D eigenvalue weighted by atomic mass is 16.6. The third-order valence-electron chi connectivity index (χ3n) is 12.1. The fourth-order valence-corrected chi connectivity index (χ4v) is 8.27. The van der Waals surface area contributed by atoms with Crippen molar-refractivity contribution in [1.29, 1.82) is 0 Å². The summed E-state index contributed by atoms with van der Waals surface area (Å²) in [5, 5.41) is 19.9. The van der Waals surface area contributed by atoms with Crippen molar-refractivity contribution in [2.75, 3.05) is 0 Å². The van der Waals surface area contributed by atoms with Crippen LogP contribution < -0.4 is 37.2 Å². The molecule has 0 heterocycles. The molecule has 0 radical (unpaired) electrons. The first-order valence-electron chi connectivity index (χ1n) is 22.2. The summed E-state index contributed by atoms with van der Waals surface area (Å²) in [5.41, 5.74) is -5.33. The molecule has 1 aromatic rings. The molecule has 17 heteroatoms. The lowest BCUT2D eigenvalue weighted by molar-refractivity contribution is -0.154. The summed E-state index contributed by atoms with van der Waals surface area (Å²) < 4.78 is 10.8. The van der Waals surface area contributed by atoms with Crippen LogP contribution in [-0.2, 0) is 49.6 Å². The number of carbonyl (C=O) groups is 8. The van der Waals surface area contributed by atoms with E-state index >= 15 is 0 Å². The highest BCUT2D eigenvalue weighted by Crippen LogP contribution is 2.31. The molecule has 0 unspecified atom stereocenters. The number of esters is 1.